The Morgan fingerprint density at radius 3 is 2.52 bits per heavy atom. The van der Waals surface area contributed by atoms with Crippen LogP contribution in [0.15, 0.2) is 66.0 Å². The Labute approximate surface area is 174 Å². The molecule has 1 atom stereocenters. The van der Waals surface area contributed by atoms with Crippen LogP contribution in [0.5, 0.6) is 5.75 Å². The first-order valence-electron chi connectivity index (χ1n) is 9.26. The topological polar surface area (TPSA) is 64.6 Å². The minimum absolute atomic E-state index is 0.245. The lowest BCUT2D eigenvalue weighted by atomic mass is 10.1. The molecule has 0 aliphatic carbocycles. The number of nitrogens with one attached hydrogen (secondary N) is 1. The van der Waals surface area contributed by atoms with Crippen molar-refractivity contribution in [1.29, 1.82) is 0 Å². The van der Waals surface area contributed by atoms with Crippen LogP contribution in [0.2, 0.25) is 0 Å². The maximum atomic E-state index is 12.4. The summed E-state index contributed by atoms with van der Waals surface area (Å²) in [5, 5.41) is 4.90. The molecule has 0 aliphatic heterocycles. The van der Waals surface area contributed by atoms with E-state index in [0.717, 1.165) is 21.6 Å². The lowest BCUT2D eigenvalue weighted by Gasteiger charge is -2.18. The normalized spacial score (nSPS) is 11.5. The van der Waals surface area contributed by atoms with E-state index in [2.05, 4.69) is 5.32 Å². The largest absolute Gasteiger partial charge is 0.482 e. The van der Waals surface area contributed by atoms with E-state index in [-0.39, 0.29) is 25.2 Å². The van der Waals surface area contributed by atoms with Gasteiger partial charge in [0, 0.05) is 4.88 Å². The fourth-order valence-corrected chi connectivity index (χ4v) is 3.61. The monoisotopic (exact) mass is 409 g/mol. The quantitative estimate of drug-likeness (QED) is 0.567. The van der Waals surface area contributed by atoms with Crippen molar-refractivity contribution in [2.75, 3.05) is 13.2 Å². The molecule has 5 nitrogen and oxygen atoms in total. The van der Waals surface area contributed by atoms with E-state index < -0.39 is 5.97 Å². The standard InChI is InChI=1S/C23H23NO4S/c1-16-10-11-17(2)19(13-16)27-15-22(26)28-14-21(25)24-23(20-9-6-12-29-20)18-7-4-3-5-8-18/h3-13,23H,14-15H2,1-2H3,(H,24,25)/t23-/m0/s1. The Hall–Kier alpha value is -3.12. The van der Waals surface area contributed by atoms with Gasteiger partial charge in [-0.25, -0.2) is 4.79 Å². The number of carbonyl (C=O) groups excluding carboxylic acids is 2. The van der Waals surface area contributed by atoms with Gasteiger partial charge in [0.1, 0.15) is 5.75 Å². The van der Waals surface area contributed by atoms with E-state index in [9.17, 15) is 9.59 Å². The summed E-state index contributed by atoms with van der Waals surface area (Å²) in [4.78, 5) is 25.4. The number of rotatable bonds is 8. The average Bonchev–Trinajstić information content (AvgIpc) is 3.26. The summed E-state index contributed by atoms with van der Waals surface area (Å²) >= 11 is 1.56. The Bertz CT molecular complexity index is 954. The third-order valence-corrected chi connectivity index (χ3v) is 5.26. The minimum atomic E-state index is -0.589. The van der Waals surface area contributed by atoms with E-state index in [1.165, 1.54) is 0 Å². The Balaban J connectivity index is 1.53. The molecule has 150 valence electrons. The van der Waals surface area contributed by atoms with Gasteiger partial charge in [0.15, 0.2) is 13.2 Å². The first-order chi connectivity index (χ1) is 14.0. The number of esters is 1. The molecule has 1 amide bonds. The van der Waals surface area contributed by atoms with Gasteiger partial charge in [-0.3, -0.25) is 4.79 Å². The molecular formula is C23H23NO4S. The molecule has 0 saturated heterocycles. The summed E-state index contributed by atoms with van der Waals surface area (Å²) in [5.74, 6) is -0.325. The minimum Gasteiger partial charge on any atom is -0.482 e. The van der Waals surface area contributed by atoms with Gasteiger partial charge < -0.3 is 14.8 Å². The van der Waals surface area contributed by atoms with Crippen molar-refractivity contribution in [2.24, 2.45) is 0 Å². The first kappa shape index (κ1) is 20.6. The number of amides is 1. The number of hydrogen-bond donors (Lipinski definition) is 1. The number of thiophene rings is 1. The van der Waals surface area contributed by atoms with Crippen molar-refractivity contribution in [3.8, 4) is 5.75 Å². The van der Waals surface area contributed by atoms with Crippen LogP contribution >= 0.6 is 11.3 Å². The molecule has 0 bridgehead atoms. The predicted octanol–water partition coefficient (Wildman–Crippen LogP) is 4.19. The molecule has 0 fully saturated rings. The molecule has 1 N–H and O–H groups in total. The highest BCUT2D eigenvalue weighted by Crippen LogP contribution is 2.25. The van der Waals surface area contributed by atoms with E-state index >= 15 is 0 Å². The zero-order chi connectivity index (χ0) is 20.6. The summed E-state index contributed by atoms with van der Waals surface area (Å²) in [6.07, 6.45) is 0. The third-order valence-electron chi connectivity index (χ3n) is 4.32. The summed E-state index contributed by atoms with van der Waals surface area (Å²) in [7, 11) is 0. The summed E-state index contributed by atoms with van der Waals surface area (Å²) < 4.78 is 10.6. The highest BCUT2D eigenvalue weighted by molar-refractivity contribution is 7.10. The highest BCUT2D eigenvalue weighted by atomic mass is 32.1. The van der Waals surface area contributed by atoms with E-state index in [0.29, 0.717) is 5.75 Å². The molecule has 0 aliphatic rings. The van der Waals surface area contributed by atoms with Gasteiger partial charge in [-0.15, -0.1) is 11.3 Å². The summed E-state index contributed by atoms with van der Waals surface area (Å²) in [5.41, 5.74) is 2.94. The maximum Gasteiger partial charge on any atom is 0.344 e. The van der Waals surface area contributed by atoms with Gasteiger partial charge in [0.25, 0.3) is 5.91 Å². The van der Waals surface area contributed by atoms with Gasteiger partial charge in [0.05, 0.1) is 6.04 Å². The zero-order valence-electron chi connectivity index (χ0n) is 16.4. The van der Waals surface area contributed by atoms with Crippen molar-refractivity contribution < 1.29 is 19.1 Å². The first-order valence-corrected chi connectivity index (χ1v) is 10.1. The second kappa shape index (κ2) is 9.89. The van der Waals surface area contributed by atoms with Gasteiger partial charge in [-0.05, 0) is 48.1 Å². The van der Waals surface area contributed by atoms with Crippen LogP contribution in [0.1, 0.15) is 27.6 Å². The van der Waals surface area contributed by atoms with Crippen LogP contribution < -0.4 is 10.1 Å². The zero-order valence-corrected chi connectivity index (χ0v) is 17.2. The average molecular weight is 410 g/mol. The molecule has 1 aromatic heterocycles. The molecule has 1 heterocycles. The van der Waals surface area contributed by atoms with Gasteiger partial charge in [0.2, 0.25) is 0 Å². The molecule has 0 saturated carbocycles. The molecule has 0 unspecified atom stereocenters. The SMILES string of the molecule is Cc1ccc(C)c(OCC(=O)OCC(=O)N[C@@H](c2ccccc2)c2cccs2)c1. The second-order valence-electron chi connectivity index (χ2n) is 6.64. The fourth-order valence-electron chi connectivity index (χ4n) is 2.81. The van der Waals surface area contributed by atoms with Gasteiger partial charge in [-0.1, -0.05) is 48.5 Å². The lowest BCUT2D eigenvalue weighted by molar-refractivity contribution is -0.150. The molecule has 3 rings (SSSR count). The molecule has 29 heavy (non-hydrogen) atoms. The van der Waals surface area contributed by atoms with Crippen LogP contribution in [0.3, 0.4) is 0 Å². The molecule has 6 heteroatoms. The molecule has 3 aromatic rings. The van der Waals surface area contributed by atoms with Crippen LogP contribution in [-0.2, 0) is 14.3 Å². The van der Waals surface area contributed by atoms with Gasteiger partial charge >= 0.3 is 5.97 Å². The Morgan fingerprint density at radius 1 is 1.00 bits per heavy atom. The van der Waals surface area contributed by atoms with Crippen molar-refractivity contribution in [2.45, 2.75) is 19.9 Å². The number of benzene rings is 2. The fraction of sp³-hybridized carbons (Fsp3) is 0.217. The predicted molar refractivity (Wildman–Crippen MR) is 113 cm³/mol. The third kappa shape index (κ3) is 5.93. The molecule has 2 aromatic carbocycles. The molecular weight excluding hydrogens is 386 g/mol. The number of hydrogen-bond acceptors (Lipinski definition) is 5. The van der Waals surface area contributed by atoms with Crippen molar-refractivity contribution >= 4 is 23.2 Å². The van der Waals surface area contributed by atoms with Crippen LogP contribution in [-0.4, -0.2) is 25.1 Å². The summed E-state index contributed by atoms with van der Waals surface area (Å²) in [6, 6.07) is 19.1. The molecule has 0 radical (unpaired) electrons. The number of carbonyl (C=O) groups is 2. The van der Waals surface area contributed by atoms with Crippen molar-refractivity contribution in [1.82, 2.24) is 5.32 Å². The van der Waals surface area contributed by atoms with Crippen LogP contribution in [0.4, 0.5) is 0 Å². The van der Waals surface area contributed by atoms with Gasteiger partial charge in [-0.2, -0.15) is 0 Å². The van der Waals surface area contributed by atoms with Crippen LogP contribution in [0, 0.1) is 13.8 Å². The van der Waals surface area contributed by atoms with E-state index in [4.69, 9.17) is 9.47 Å². The lowest BCUT2D eigenvalue weighted by Crippen LogP contribution is -2.33. The van der Waals surface area contributed by atoms with Crippen LogP contribution in [0.25, 0.3) is 0 Å². The van der Waals surface area contributed by atoms with Crippen molar-refractivity contribution in [3.05, 3.63) is 87.6 Å². The van der Waals surface area contributed by atoms with E-state index in [1.807, 2.05) is 79.9 Å². The second-order valence-corrected chi connectivity index (χ2v) is 7.62. The maximum absolute atomic E-state index is 12.4. The molecule has 0 spiro atoms. The highest BCUT2D eigenvalue weighted by Gasteiger charge is 2.18. The number of aryl methyl sites for hydroxylation is 2. The van der Waals surface area contributed by atoms with Crippen molar-refractivity contribution in [3.63, 3.8) is 0 Å². The Kier molecular flexibility index (Phi) is 7.03. The smallest absolute Gasteiger partial charge is 0.344 e. The Morgan fingerprint density at radius 2 is 1.79 bits per heavy atom. The van der Waals surface area contributed by atoms with E-state index in [1.54, 1.807) is 11.3 Å². The number of ether oxygens (including phenoxy) is 2. The summed E-state index contributed by atoms with van der Waals surface area (Å²) in [6.45, 7) is 3.25.